The summed E-state index contributed by atoms with van der Waals surface area (Å²) >= 11 is 1.65. The average Bonchev–Trinajstić information content (AvgIpc) is 3.09. The zero-order valence-corrected chi connectivity index (χ0v) is 15.3. The highest BCUT2D eigenvalue weighted by Crippen LogP contribution is 2.28. The number of piperidine rings is 1. The second-order valence-electron chi connectivity index (χ2n) is 6.55. The molecule has 0 aliphatic carbocycles. The van der Waals surface area contributed by atoms with Crippen molar-refractivity contribution < 1.29 is 14.6 Å². The number of thiazole rings is 1. The van der Waals surface area contributed by atoms with Crippen molar-refractivity contribution in [3.8, 4) is 16.3 Å². The number of carboxylic acid groups (broad SMARTS) is 1. The molecule has 1 N–H and O–H groups in total. The van der Waals surface area contributed by atoms with E-state index in [2.05, 4.69) is 10.3 Å². The van der Waals surface area contributed by atoms with Crippen LogP contribution in [-0.2, 0) is 11.3 Å². The van der Waals surface area contributed by atoms with Crippen molar-refractivity contribution in [3.05, 3.63) is 35.3 Å². The van der Waals surface area contributed by atoms with Gasteiger partial charge in [0.25, 0.3) is 0 Å². The van der Waals surface area contributed by atoms with Gasteiger partial charge < -0.3 is 9.84 Å². The van der Waals surface area contributed by atoms with Crippen molar-refractivity contribution in [2.75, 3.05) is 20.2 Å². The Morgan fingerprint density at radius 2 is 2.36 bits per heavy atom. The van der Waals surface area contributed by atoms with E-state index >= 15 is 0 Å². The van der Waals surface area contributed by atoms with Crippen LogP contribution in [0, 0.1) is 5.92 Å². The minimum atomic E-state index is -0.695. The molecule has 0 spiro atoms. The van der Waals surface area contributed by atoms with E-state index in [0.717, 1.165) is 60.9 Å². The van der Waals surface area contributed by atoms with Gasteiger partial charge in [-0.25, -0.2) is 4.98 Å². The van der Waals surface area contributed by atoms with Gasteiger partial charge in [0.15, 0.2) is 0 Å². The zero-order valence-electron chi connectivity index (χ0n) is 14.5. The molecule has 1 aliphatic heterocycles. The second kappa shape index (κ2) is 8.45. The minimum absolute atomic E-state index is 0.273. The van der Waals surface area contributed by atoms with Gasteiger partial charge in [0.2, 0.25) is 0 Å². The molecule has 1 fully saturated rings. The maximum Gasteiger partial charge on any atom is 0.303 e. The minimum Gasteiger partial charge on any atom is -0.497 e. The largest absolute Gasteiger partial charge is 0.497 e. The summed E-state index contributed by atoms with van der Waals surface area (Å²) in [6.45, 7) is 2.87. The van der Waals surface area contributed by atoms with Crippen LogP contribution < -0.4 is 4.74 Å². The number of carboxylic acids is 1. The van der Waals surface area contributed by atoms with Gasteiger partial charge in [0.05, 0.1) is 12.8 Å². The van der Waals surface area contributed by atoms with Gasteiger partial charge in [-0.3, -0.25) is 9.69 Å². The molecule has 2 aromatic rings. The summed E-state index contributed by atoms with van der Waals surface area (Å²) in [6.07, 6.45) is 3.32. The first-order valence-corrected chi connectivity index (χ1v) is 9.55. The van der Waals surface area contributed by atoms with Crippen LogP contribution in [0.4, 0.5) is 0 Å². The maximum atomic E-state index is 10.8. The molecule has 2 heterocycles. The first-order valence-electron chi connectivity index (χ1n) is 8.67. The summed E-state index contributed by atoms with van der Waals surface area (Å²) in [7, 11) is 1.67. The average molecular weight is 360 g/mol. The smallest absolute Gasteiger partial charge is 0.303 e. The number of methoxy groups -OCH3 is 1. The molecule has 6 heteroatoms. The lowest BCUT2D eigenvalue weighted by atomic mass is 9.93. The topological polar surface area (TPSA) is 62.7 Å². The number of hydrogen-bond donors (Lipinski definition) is 1. The molecule has 1 unspecified atom stereocenters. The third-order valence-corrected chi connectivity index (χ3v) is 5.56. The van der Waals surface area contributed by atoms with E-state index in [1.54, 1.807) is 18.4 Å². The number of nitrogens with zero attached hydrogens (tertiary/aromatic N) is 2. The molecule has 1 saturated heterocycles. The standard InChI is InChI=1S/C19H24N2O3S/c1-24-17-6-2-5-15(10-17)19-20-16(13-25-19)12-21-9-3-4-14(11-21)7-8-18(22)23/h2,5-6,10,13-14H,3-4,7-9,11-12H2,1H3,(H,22,23). The molecule has 1 aliphatic rings. The molecule has 0 saturated carbocycles. The Morgan fingerprint density at radius 3 is 3.16 bits per heavy atom. The fraction of sp³-hybridized carbons (Fsp3) is 0.474. The second-order valence-corrected chi connectivity index (χ2v) is 7.41. The van der Waals surface area contributed by atoms with Crippen LogP contribution >= 0.6 is 11.3 Å². The summed E-state index contributed by atoms with van der Waals surface area (Å²) in [5.74, 6) is 0.632. The molecule has 1 atom stereocenters. The van der Waals surface area contributed by atoms with E-state index in [9.17, 15) is 4.79 Å². The first-order chi connectivity index (χ1) is 12.1. The number of aliphatic carboxylic acids is 1. The van der Waals surface area contributed by atoms with Crippen LogP contribution in [0.2, 0.25) is 0 Å². The lowest BCUT2D eigenvalue weighted by molar-refractivity contribution is -0.137. The van der Waals surface area contributed by atoms with Crippen LogP contribution in [0.3, 0.4) is 0 Å². The van der Waals surface area contributed by atoms with E-state index in [0.29, 0.717) is 5.92 Å². The molecule has 0 radical (unpaired) electrons. The number of benzene rings is 1. The predicted molar refractivity (Wildman–Crippen MR) is 99.0 cm³/mol. The normalized spacial score (nSPS) is 18.2. The van der Waals surface area contributed by atoms with Gasteiger partial charge in [-0.1, -0.05) is 12.1 Å². The quantitative estimate of drug-likeness (QED) is 0.811. The Kier molecular flexibility index (Phi) is 6.04. The van der Waals surface area contributed by atoms with E-state index in [1.165, 1.54) is 0 Å². The van der Waals surface area contributed by atoms with Crippen molar-refractivity contribution in [2.24, 2.45) is 5.92 Å². The Balaban J connectivity index is 1.60. The van der Waals surface area contributed by atoms with Crippen molar-refractivity contribution in [3.63, 3.8) is 0 Å². The molecule has 0 amide bonds. The van der Waals surface area contributed by atoms with Crippen LogP contribution in [0.1, 0.15) is 31.4 Å². The van der Waals surface area contributed by atoms with Crippen LogP contribution in [0.25, 0.3) is 10.6 Å². The molecule has 25 heavy (non-hydrogen) atoms. The monoisotopic (exact) mass is 360 g/mol. The van der Waals surface area contributed by atoms with Gasteiger partial charge in [0.1, 0.15) is 10.8 Å². The molecule has 0 bridgehead atoms. The molecule has 1 aromatic carbocycles. The van der Waals surface area contributed by atoms with Crippen molar-refractivity contribution >= 4 is 17.3 Å². The van der Waals surface area contributed by atoms with Crippen molar-refractivity contribution in [1.82, 2.24) is 9.88 Å². The fourth-order valence-electron chi connectivity index (χ4n) is 3.36. The molecular weight excluding hydrogens is 336 g/mol. The summed E-state index contributed by atoms with van der Waals surface area (Å²) in [5, 5.41) is 12.0. The summed E-state index contributed by atoms with van der Waals surface area (Å²) in [6, 6.07) is 7.97. The molecular formula is C19H24N2O3S. The highest BCUT2D eigenvalue weighted by Gasteiger charge is 2.21. The molecule has 5 nitrogen and oxygen atoms in total. The Hall–Kier alpha value is -1.92. The van der Waals surface area contributed by atoms with Gasteiger partial charge in [0, 0.05) is 30.5 Å². The lowest BCUT2D eigenvalue weighted by Crippen LogP contribution is -2.35. The van der Waals surface area contributed by atoms with Crippen molar-refractivity contribution in [2.45, 2.75) is 32.2 Å². The van der Waals surface area contributed by atoms with Gasteiger partial charge in [-0.15, -0.1) is 11.3 Å². The number of carbonyl (C=O) groups is 1. The summed E-state index contributed by atoms with van der Waals surface area (Å²) in [4.78, 5) is 17.9. The van der Waals surface area contributed by atoms with Crippen LogP contribution in [0.5, 0.6) is 5.75 Å². The van der Waals surface area contributed by atoms with E-state index in [4.69, 9.17) is 14.8 Å². The number of aromatic nitrogens is 1. The third kappa shape index (κ3) is 5.03. The summed E-state index contributed by atoms with van der Waals surface area (Å²) in [5.41, 5.74) is 2.16. The fourth-order valence-corrected chi connectivity index (χ4v) is 4.16. The highest BCUT2D eigenvalue weighted by molar-refractivity contribution is 7.13. The predicted octanol–water partition coefficient (Wildman–Crippen LogP) is 3.90. The first kappa shape index (κ1) is 17.9. The highest BCUT2D eigenvalue weighted by atomic mass is 32.1. The molecule has 134 valence electrons. The SMILES string of the molecule is COc1cccc(-c2nc(CN3CCCC(CCC(=O)O)C3)cs2)c1. The van der Waals surface area contributed by atoms with Crippen molar-refractivity contribution in [1.29, 1.82) is 0 Å². The molecule has 1 aromatic heterocycles. The number of likely N-dealkylation sites (tertiary alicyclic amines) is 1. The van der Waals surface area contributed by atoms with E-state index in [1.807, 2.05) is 24.3 Å². The van der Waals surface area contributed by atoms with Crippen LogP contribution in [-0.4, -0.2) is 41.2 Å². The number of rotatable bonds is 7. The maximum absolute atomic E-state index is 10.8. The Bertz CT molecular complexity index is 716. The van der Waals surface area contributed by atoms with Gasteiger partial charge in [-0.2, -0.15) is 0 Å². The Labute approximate surface area is 152 Å². The van der Waals surface area contributed by atoms with Gasteiger partial charge >= 0.3 is 5.97 Å². The van der Waals surface area contributed by atoms with E-state index < -0.39 is 5.97 Å². The van der Waals surface area contributed by atoms with Gasteiger partial charge in [-0.05, 0) is 43.9 Å². The third-order valence-electron chi connectivity index (χ3n) is 4.62. The van der Waals surface area contributed by atoms with E-state index in [-0.39, 0.29) is 6.42 Å². The Morgan fingerprint density at radius 1 is 1.48 bits per heavy atom. The summed E-state index contributed by atoms with van der Waals surface area (Å²) < 4.78 is 5.28. The lowest BCUT2D eigenvalue weighted by Gasteiger charge is -2.32. The molecule has 3 rings (SSSR count). The number of hydrogen-bond acceptors (Lipinski definition) is 5. The zero-order chi connectivity index (χ0) is 17.6. The number of ether oxygens (including phenoxy) is 1. The van der Waals surface area contributed by atoms with Crippen LogP contribution in [0.15, 0.2) is 29.6 Å².